The molecule has 1 atom stereocenters. The van der Waals surface area contributed by atoms with Crippen molar-refractivity contribution in [3.05, 3.63) is 11.2 Å². The number of rotatable bonds is 3. The number of halogens is 4. The highest BCUT2D eigenvalue weighted by Crippen LogP contribution is 2.22. The van der Waals surface area contributed by atoms with Crippen molar-refractivity contribution in [1.29, 1.82) is 0 Å². The molecule has 0 radical (unpaired) electrons. The number of nitrogens with one attached hydrogen (secondary N) is 2. The molecule has 1 aliphatic rings. The summed E-state index contributed by atoms with van der Waals surface area (Å²) >= 11 is 6.00. The van der Waals surface area contributed by atoms with Gasteiger partial charge in [-0.1, -0.05) is 11.6 Å². The molecule has 0 aromatic carbocycles. The van der Waals surface area contributed by atoms with Gasteiger partial charge in [0.05, 0.1) is 6.20 Å². The predicted molar refractivity (Wildman–Crippen MR) is 80.0 cm³/mol. The summed E-state index contributed by atoms with van der Waals surface area (Å²) in [6.07, 6.45) is -2.35. The van der Waals surface area contributed by atoms with E-state index in [1.807, 2.05) is 19.0 Å². The quantitative estimate of drug-likeness (QED) is 0.758. The molecular weight excluding hydrogens is 339 g/mol. The minimum atomic E-state index is -5.08. The number of anilines is 2. The summed E-state index contributed by atoms with van der Waals surface area (Å²) in [5, 5.41) is 14.3. The van der Waals surface area contributed by atoms with E-state index in [-0.39, 0.29) is 0 Å². The van der Waals surface area contributed by atoms with Crippen LogP contribution in [0.3, 0.4) is 0 Å². The van der Waals surface area contributed by atoms with Crippen molar-refractivity contribution in [3.63, 3.8) is 0 Å². The number of carboxylic acid groups (broad SMARTS) is 1. The van der Waals surface area contributed by atoms with Gasteiger partial charge in [0.25, 0.3) is 0 Å². The molecule has 1 aromatic rings. The summed E-state index contributed by atoms with van der Waals surface area (Å²) in [5.41, 5.74) is 0. The molecule has 1 saturated heterocycles. The Hall–Kier alpha value is -1.81. The van der Waals surface area contributed by atoms with Crippen LogP contribution in [0.25, 0.3) is 0 Å². The smallest absolute Gasteiger partial charge is 0.475 e. The Balaban J connectivity index is 0.000000322. The van der Waals surface area contributed by atoms with Gasteiger partial charge >= 0.3 is 12.1 Å². The molecule has 130 valence electrons. The topological polar surface area (TPSA) is 90.4 Å². The molecule has 1 aliphatic heterocycles. The SMILES string of the molecule is CN(C)c1nc(N[C@@H]2CCNC2)ncc1Cl.O=C(O)C(F)(F)F. The van der Waals surface area contributed by atoms with Gasteiger partial charge in [-0.2, -0.15) is 18.2 Å². The molecule has 0 spiro atoms. The lowest BCUT2D eigenvalue weighted by Gasteiger charge is -2.16. The van der Waals surface area contributed by atoms with Gasteiger partial charge in [-0.3, -0.25) is 0 Å². The lowest BCUT2D eigenvalue weighted by molar-refractivity contribution is -0.192. The van der Waals surface area contributed by atoms with Gasteiger partial charge in [0.2, 0.25) is 5.95 Å². The molecule has 3 N–H and O–H groups in total. The summed E-state index contributed by atoms with van der Waals surface area (Å²) in [6, 6.07) is 0.413. The number of hydrogen-bond donors (Lipinski definition) is 3. The fourth-order valence-electron chi connectivity index (χ4n) is 1.70. The number of aromatic nitrogens is 2. The first-order valence-electron chi connectivity index (χ1n) is 6.58. The fraction of sp³-hybridized carbons (Fsp3) is 0.583. The number of aliphatic carboxylic acids is 1. The minimum absolute atomic E-state index is 0.413. The average Bonchev–Trinajstić information content (AvgIpc) is 2.93. The minimum Gasteiger partial charge on any atom is -0.475 e. The van der Waals surface area contributed by atoms with E-state index in [0.29, 0.717) is 17.0 Å². The van der Waals surface area contributed by atoms with E-state index in [0.717, 1.165) is 25.3 Å². The summed E-state index contributed by atoms with van der Waals surface area (Å²) in [5.74, 6) is -1.38. The maximum atomic E-state index is 10.6. The lowest BCUT2D eigenvalue weighted by Crippen LogP contribution is -2.24. The first-order valence-corrected chi connectivity index (χ1v) is 6.96. The second kappa shape index (κ2) is 8.16. The zero-order chi connectivity index (χ0) is 17.6. The molecule has 2 rings (SSSR count). The van der Waals surface area contributed by atoms with Crippen molar-refractivity contribution in [3.8, 4) is 0 Å². The average molecular weight is 356 g/mol. The fourth-order valence-corrected chi connectivity index (χ4v) is 1.96. The lowest BCUT2D eigenvalue weighted by atomic mass is 10.3. The van der Waals surface area contributed by atoms with Gasteiger partial charge in [0.15, 0.2) is 5.82 Å². The Morgan fingerprint density at radius 3 is 2.57 bits per heavy atom. The highest BCUT2D eigenvalue weighted by atomic mass is 35.5. The van der Waals surface area contributed by atoms with Crippen LogP contribution in [0.2, 0.25) is 5.02 Å². The van der Waals surface area contributed by atoms with E-state index < -0.39 is 12.1 Å². The van der Waals surface area contributed by atoms with Gasteiger partial charge in [-0.05, 0) is 13.0 Å². The number of alkyl halides is 3. The van der Waals surface area contributed by atoms with Crippen LogP contribution in [0.15, 0.2) is 6.20 Å². The molecule has 23 heavy (non-hydrogen) atoms. The molecule has 0 bridgehead atoms. The molecule has 0 aliphatic carbocycles. The zero-order valence-electron chi connectivity index (χ0n) is 12.5. The van der Waals surface area contributed by atoms with Crippen LogP contribution >= 0.6 is 11.6 Å². The van der Waals surface area contributed by atoms with Gasteiger partial charge in [0, 0.05) is 26.7 Å². The predicted octanol–water partition coefficient (Wildman–Crippen LogP) is 1.60. The third kappa shape index (κ3) is 6.45. The number of hydrogen-bond acceptors (Lipinski definition) is 6. The van der Waals surface area contributed by atoms with Crippen molar-refractivity contribution < 1.29 is 23.1 Å². The Bertz CT molecular complexity index is 536. The molecule has 0 unspecified atom stereocenters. The molecule has 1 aromatic heterocycles. The van der Waals surface area contributed by atoms with Crippen LogP contribution in [0.4, 0.5) is 24.9 Å². The van der Waals surface area contributed by atoms with Crippen LogP contribution in [-0.2, 0) is 4.79 Å². The standard InChI is InChI=1S/C10H16ClN5.C2HF3O2/c1-16(2)9-8(11)6-13-10(15-9)14-7-3-4-12-5-7;3-2(4,5)1(6)7/h6-7,12H,3-5H2,1-2H3,(H,13,14,15);(H,6,7)/t7-;/m1./s1. The Kier molecular flexibility index (Phi) is 6.82. The second-order valence-corrected chi connectivity index (χ2v) is 5.30. The molecule has 0 saturated carbocycles. The van der Waals surface area contributed by atoms with E-state index >= 15 is 0 Å². The van der Waals surface area contributed by atoms with Crippen molar-refractivity contribution >= 4 is 29.3 Å². The van der Waals surface area contributed by atoms with Crippen LogP contribution in [-0.4, -0.2) is 60.4 Å². The summed E-state index contributed by atoms with van der Waals surface area (Å²) in [7, 11) is 3.82. The Labute approximate surface area is 135 Å². The maximum Gasteiger partial charge on any atom is 0.490 e. The summed E-state index contributed by atoms with van der Waals surface area (Å²) in [4.78, 5) is 19.3. The number of nitrogens with zero attached hydrogens (tertiary/aromatic N) is 3. The van der Waals surface area contributed by atoms with E-state index in [4.69, 9.17) is 21.5 Å². The molecule has 7 nitrogen and oxygen atoms in total. The Morgan fingerprint density at radius 2 is 2.13 bits per heavy atom. The van der Waals surface area contributed by atoms with Gasteiger partial charge < -0.3 is 20.6 Å². The normalized spacial score (nSPS) is 17.2. The summed E-state index contributed by atoms with van der Waals surface area (Å²) in [6.45, 7) is 2.01. The molecule has 11 heteroatoms. The van der Waals surface area contributed by atoms with Crippen LogP contribution < -0.4 is 15.5 Å². The first-order chi connectivity index (χ1) is 10.6. The highest BCUT2D eigenvalue weighted by Gasteiger charge is 2.38. The van der Waals surface area contributed by atoms with Gasteiger partial charge in [-0.15, -0.1) is 0 Å². The molecular formula is C12H17ClF3N5O2. The summed E-state index contributed by atoms with van der Waals surface area (Å²) < 4.78 is 31.7. The van der Waals surface area contributed by atoms with Crippen LogP contribution in [0, 0.1) is 0 Å². The van der Waals surface area contributed by atoms with Crippen LogP contribution in [0.5, 0.6) is 0 Å². The van der Waals surface area contributed by atoms with Crippen molar-refractivity contribution in [1.82, 2.24) is 15.3 Å². The van der Waals surface area contributed by atoms with E-state index in [2.05, 4.69) is 20.6 Å². The number of carboxylic acids is 1. The Morgan fingerprint density at radius 1 is 1.52 bits per heavy atom. The highest BCUT2D eigenvalue weighted by molar-refractivity contribution is 6.32. The molecule has 1 fully saturated rings. The zero-order valence-corrected chi connectivity index (χ0v) is 13.2. The van der Waals surface area contributed by atoms with Crippen molar-refractivity contribution in [2.24, 2.45) is 0 Å². The third-order valence-corrected chi connectivity index (χ3v) is 3.05. The largest absolute Gasteiger partial charge is 0.490 e. The molecule has 2 heterocycles. The monoisotopic (exact) mass is 355 g/mol. The molecule has 0 amide bonds. The maximum absolute atomic E-state index is 10.6. The van der Waals surface area contributed by atoms with Crippen LogP contribution in [0.1, 0.15) is 6.42 Å². The van der Waals surface area contributed by atoms with Gasteiger partial charge in [-0.25, -0.2) is 9.78 Å². The van der Waals surface area contributed by atoms with E-state index in [1.165, 1.54) is 0 Å². The second-order valence-electron chi connectivity index (χ2n) is 4.90. The number of carbonyl (C=O) groups is 1. The first kappa shape index (κ1) is 19.2. The van der Waals surface area contributed by atoms with E-state index in [1.54, 1.807) is 6.20 Å². The van der Waals surface area contributed by atoms with Gasteiger partial charge in [0.1, 0.15) is 5.02 Å². The van der Waals surface area contributed by atoms with Crippen molar-refractivity contribution in [2.45, 2.75) is 18.6 Å². The van der Waals surface area contributed by atoms with E-state index in [9.17, 15) is 13.2 Å². The van der Waals surface area contributed by atoms with Crippen molar-refractivity contribution in [2.75, 3.05) is 37.4 Å². The third-order valence-electron chi connectivity index (χ3n) is 2.79.